The number of aliphatic hydroxyl groups excluding tert-OH is 1. The van der Waals surface area contributed by atoms with Gasteiger partial charge in [0.25, 0.3) is 0 Å². The predicted octanol–water partition coefficient (Wildman–Crippen LogP) is 1.67. The fraction of sp³-hybridized carbons (Fsp3) is 0.417. The minimum atomic E-state index is -3.65. The number of nitrogens with zero attached hydrogens (tertiary/aromatic N) is 2. The molecule has 6 nitrogen and oxygen atoms in total. The van der Waals surface area contributed by atoms with Crippen LogP contribution in [0.5, 0.6) is 0 Å². The first-order chi connectivity index (χ1) is 9.34. The van der Waals surface area contributed by atoms with Gasteiger partial charge in [0.1, 0.15) is 23.0 Å². The van der Waals surface area contributed by atoms with Crippen molar-refractivity contribution in [3.63, 3.8) is 0 Å². The molecule has 2 aromatic heterocycles. The van der Waals surface area contributed by atoms with Crippen LogP contribution in [-0.2, 0) is 23.2 Å². The standard InChI is InChI=1S/C12H16N2O4S2/c1-8-12(4-11(6-15)18-8)20(16,17)14(3)5-10-7-19-9(2)13-10/h4,7,15H,5-6H2,1-3H3. The van der Waals surface area contributed by atoms with E-state index in [0.717, 1.165) is 5.01 Å². The third kappa shape index (κ3) is 2.93. The lowest BCUT2D eigenvalue weighted by Gasteiger charge is -2.15. The maximum Gasteiger partial charge on any atom is 0.246 e. The monoisotopic (exact) mass is 316 g/mol. The molecule has 2 aromatic rings. The van der Waals surface area contributed by atoms with E-state index in [2.05, 4.69) is 4.98 Å². The zero-order chi connectivity index (χ0) is 14.9. The summed E-state index contributed by atoms with van der Waals surface area (Å²) in [4.78, 5) is 4.33. The highest BCUT2D eigenvalue weighted by Gasteiger charge is 2.26. The highest BCUT2D eigenvalue weighted by atomic mass is 32.2. The summed E-state index contributed by atoms with van der Waals surface area (Å²) < 4.78 is 31.3. The number of rotatable bonds is 5. The number of aliphatic hydroxyl groups is 1. The van der Waals surface area contributed by atoms with Crippen molar-refractivity contribution < 1.29 is 17.9 Å². The van der Waals surface area contributed by atoms with Crippen molar-refractivity contribution in [2.75, 3.05) is 7.05 Å². The lowest BCUT2D eigenvalue weighted by molar-refractivity contribution is 0.244. The highest BCUT2D eigenvalue weighted by Crippen LogP contribution is 2.24. The van der Waals surface area contributed by atoms with E-state index in [9.17, 15) is 8.42 Å². The topological polar surface area (TPSA) is 83.6 Å². The number of hydrogen-bond donors (Lipinski definition) is 1. The van der Waals surface area contributed by atoms with Gasteiger partial charge < -0.3 is 9.52 Å². The Labute approximate surface area is 121 Å². The quantitative estimate of drug-likeness (QED) is 0.907. The van der Waals surface area contributed by atoms with E-state index in [0.29, 0.717) is 5.69 Å². The molecule has 0 spiro atoms. The molecule has 0 saturated heterocycles. The zero-order valence-corrected chi connectivity index (χ0v) is 13.1. The first-order valence-corrected chi connectivity index (χ1v) is 8.24. The minimum Gasteiger partial charge on any atom is -0.462 e. The van der Waals surface area contributed by atoms with Crippen LogP contribution in [0.1, 0.15) is 22.2 Å². The molecule has 110 valence electrons. The fourth-order valence-corrected chi connectivity index (χ4v) is 3.75. The van der Waals surface area contributed by atoms with Gasteiger partial charge in [0.2, 0.25) is 10.0 Å². The van der Waals surface area contributed by atoms with E-state index in [1.165, 1.54) is 28.8 Å². The molecule has 0 unspecified atom stereocenters. The SMILES string of the molecule is Cc1nc(CN(C)S(=O)(=O)c2cc(CO)oc2C)cs1. The number of sulfonamides is 1. The Kier molecular flexibility index (Phi) is 4.28. The molecule has 0 bridgehead atoms. The molecule has 0 aliphatic carbocycles. The maximum atomic E-state index is 12.5. The molecule has 0 fully saturated rings. The summed E-state index contributed by atoms with van der Waals surface area (Å²) in [5.74, 6) is 0.509. The molecule has 1 N–H and O–H groups in total. The average molecular weight is 316 g/mol. The van der Waals surface area contributed by atoms with Gasteiger partial charge in [0.15, 0.2) is 0 Å². The Morgan fingerprint density at radius 2 is 2.15 bits per heavy atom. The van der Waals surface area contributed by atoms with Crippen molar-refractivity contribution in [2.45, 2.75) is 31.9 Å². The van der Waals surface area contributed by atoms with Gasteiger partial charge in [-0.05, 0) is 13.8 Å². The van der Waals surface area contributed by atoms with Gasteiger partial charge in [0, 0.05) is 18.5 Å². The lowest BCUT2D eigenvalue weighted by Crippen LogP contribution is -2.26. The van der Waals surface area contributed by atoms with Gasteiger partial charge in [-0.15, -0.1) is 11.3 Å². The summed E-state index contributed by atoms with van der Waals surface area (Å²) in [7, 11) is -2.16. The Hall–Kier alpha value is -1.22. The van der Waals surface area contributed by atoms with E-state index >= 15 is 0 Å². The van der Waals surface area contributed by atoms with Crippen LogP contribution in [-0.4, -0.2) is 29.9 Å². The highest BCUT2D eigenvalue weighted by molar-refractivity contribution is 7.89. The summed E-state index contributed by atoms with van der Waals surface area (Å²) >= 11 is 1.48. The molecular weight excluding hydrogens is 300 g/mol. The number of thiazole rings is 1. The van der Waals surface area contributed by atoms with Gasteiger partial charge in [-0.1, -0.05) is 0 Å². The van der Waals surface area contributed by atoms with Crippen LogP contribution in [0.2, 0.25) is 0 Å². The number of furan rings is 1. The van der Waals surface area contributed by atoms with Crippen LogP contribution < -0.4 is 0 Å². The van der Waals surface area contributed by atoms with Crippen molar-refractivity contribution in [2.24, 2.45) is 0 Å². The maximum absolute atomic E-state index is 12.5. The Bertz CT molecular complexity index is 703. The molecular formula is C12H16N2O4S2. The van der Waals surface area contributed by atoms with E-state index in [1.54, 1.807) is 6.92 Å². The third-order valence-corrected chi connectivity index (χ3v) is 5.55. The molecule has 0 amide bonds. The average Bonchev–Trinajstić information content (AvgIpc) is 2.95. The molecule has 0 saturated carbocycles. The van der Waals surface area contributed by atoms with Crippen molar-refractivity contribution in [3.8, 4) is 0 Å². The molecule has 20 heavy (non-hydrogen) atoms. The molecule has 2 heterocycles. The second-order valence-corrected chi connectivity index (χ2v) is 7.49. The predicted molar refractivity (Wildman–Crippen MR) is 74.9 cm³/mol. The minimum absolute atomic E-state index is 0.0796. The molecule has 0 radical (unpaired) electrons. The van der Waals surface area contributed by atoms with E-state index in [-0.39, 0.29) is 29.6 Å². The van der Waals surface area contributed by atoms with Crippen molar-refractivity contribution in [3.05, 3.63) is 33.7 Å². The van der Waals surface area contributed by atoms with Crippen LogP contribution in [0.4, 0.5) is 0 Å². The number of aryl methyl sites for hydroxylation is 2. The summed E-state index contributed by atoms with van der Waals surface area (Å²) in [6, 6.07) is 1.35. The van der Waals surface area contributed by atoms with Crippen LogP contribution in [0.25, 0.3) is 0 Å². The fourth-order valence-electron chi connectivity index (χ4n) is 1.82. The summed E-state index contributed by atoms with van der Waals surface area (Å²) in [6.45, 7) is 3.31. The summed E-state index contributed by atoms with van der Waals surface area (Å²) in [5, 5.41) is 11.7. The van der Waals surface area contributed by atoms with Gasteiger partial charge in [-0.3, -0.25) is 0 Å². The number of aromatic nitrogens is 1. The third-order valence-electron chi connectivity index (χ3n) is 2.82. The number of hydrogen-bond acceptors (Lipinski definition) is 6. The smallest absolute Gasteiger partial charge is 0.246 e. The van der Waals surface area contributed by atoms with E-state index in [4.69, 9.17) is 9.52 Å². The van der Waals surface area contributed by atoms with Crippen molar-refractivity contribution in [1.29, 1.82) is 0 Å². The molecule has 0 aliphatic rings. The molecule has 0 atom stereocenters. The normalized spacial score (nSPS) is 12.2. The largest absolute Gasteiger partial charge is 0.462 e. The second-order valence-electron chi connectivity index (χ2n) is 4.41. The Morgan fingerprint density at radius 1 is 1.45 bits per heavy atom. The first-order valence-electron chi connectivity index (χ1n) is 5.92. The van der Waals surface area contributed by atoms with Gasteiger partial charge in [-0.2, -0.15) is 4.31 Å². The van der Waals surface area contributed by atoms with Gasteiger partial charge in [0.05, 0.1) is 17.2 Å². The van der Waals surface area contributed by atoms with Crippen LogP contribution in [0.3, 0.4) is 0 Å². The van der Waals surface area contributed by atoms with E-state index < -0.39 is 10.0 Å². The van der Waals surface area contributed by atoms with Crippen LogP contribution in [0, 0.1) is 13.8 Å². The van der Waals surface area contributed by atoms with Crippen molar-refractivity contribution >= 4 is 21.4 Å². The molecule has 8 heteroatoms. The van der Waals surface area contributed by atoms with Crippen molar-refractivity contribution in [1.82, 2.24) is 9.29 Å². The zero-order valence-electron chi connectivity index (χ0n) is 11.5. The lowest BCUT2D eigenvalue weighted by atomic mass is 10.4. The first kappa shape index (κ1) is 15.2. The molecule has 0 aliphatic heterocycles. The van der Waals surface area contributed by atoms with Crippen LogP contribution >= 0.6 is 11.3 Å². The molecule has 0 aromatic carbocycles. The summed E-state index contributed by atoms with van der Waals surface area (Å²) in [6.07, 6.45) is 0. The van der Waals surface area contributed by atoms with Gasteiger partial charge in [-0.25, -0.2) is 13.4 Å². The molecule has 2 rings (SSSR count). The van der Waals surface area contributed by atoms with Gasteiger partial charge >= 0.3 is 0 Å². The second kappa shape index (κ2) is 5.65. The Balaban J connectivity index is 2.26. The summed E-state index contributed by atoms with van der Waals surface area (Å²) in [5.41, 5.74) is 0.710. The van der Waals surface area contributed by atoms with E-state index in [1.807, 2.05) is 12.3 Å². The Morgan fingerprint density at radius 3 is 2.65 bits per heavy atom. The van der Waals surface area contributed by atoms with Crippen LogP contribution in [0.15, 0.2) is 20.8 Å².